The van der Waals surface area contributed by atoms with E-state index in [0.29, 0.717) is 25.7 Å². The van der Waals surface area contributed by atoms with E-state index in [1.807, 2.05) is 0 Å². The molecule has 0 aromatic heterocycles. The van der Waals surface area contributed by atoms with Crippen molar-refractivity contribution in [2.24, 2.45) is 5.92 Å². The minimum atomic E-state index is -4.97. The summed E-state index contributed by atoms with van der Waals surface area (Å²) in [6.45, 7) is 7.34. The molecule has 602 valence electrons. The maximum absolute atomic E-state index is 13.1. The summed E-state index contributed by atoms with van der Waals surface area (Å²) < 4.78 is 68.7. The molecule has 0 saturated carbocycles. The first-order valence-corrected chi connectivity index (χ1v) is 45.5. The van der Waals surface area contributed by atoms with Gasteiger partial charge < -0.3 is 33.8 Å². The zero-order valence-corrected chi connectivity index (χ0v) is 68.0. The van der Waals surface area contributed by atoms with Gasteiger partial charge in [0.2, 0.25) is 0 Å². The first-order valence-electron chi connectivity index (χ1n) is 42.5. The van der Waals surface area contributed by atoms with Crippen LogP contribution in [0.25, 0.3) is 0 Å². The maximum atomic E-state index is 13.1. The standard InChI is InChI=1S/C83H158O17P2/c1-6-10-13-16-19-22-25-28-33-38-42-47-52-57-62-67-81(86)94-73-79(100-83(88)69-64-59-54-49-44-39-35-32-30-29-31-34-37-40-45-50-55-60-65-76(5)9-4)75-98-102(91,92)96-71-77(84)70-95-101(89,90)97-74-78(72-93-80(85)66-61-56-51-46-41-27-24-21-18-15-12-8-3)99-82(87)68-63-58-53-48-43-36-26-23-20-17-14-11-7-2/h22,25,28,33,76-79,84H,6-21,23-24,26-27,29-32,34-75H2,1-5H3,(H,89,90)(H,91,92)/b25-22-,33-28-/t76?,77-,78+,79+/m0/s1. The molecule has 102 heavy (non-hydrogen) atoms. The van der Waals surface area contributed by atoms with E-state index in [2.05, 4.69) is 58.9 Å². The van der Waals surface area contributed by atoms with Gasteiger partial charge in [-0.1, -0.05) is 367 Å². The van der Waals surface area contributed by atoms with Crippen molar-refractivity contribution in [2.45, 2.75) is 438 Å². The van der Waals surface area contributed by atoms with Crippen molar-refractivity contribution in [3.05, 3.63) is 24.3 Å². The predicted octanol–water partition coefficient (Wildman–Crippen LogP) is 24.8. The van der Waals surface area contributed by atoms with Crippen molar-refractivity contribution >= 4 is 39.5 Å². The first kappa shape index (κ1) is 99.5. The molecule has 0 aliphatic rings. The molecular formula is C83H158O17P2. The summed E-state index contributed by atoms with van der Waals surface area (Å²) in [4.78, 5) is 73.1. The fourth-order valence-corrected chi connectivity index (χ4v) is 13.9. The lowest BCUT2D eigenvalue weighted by molar-refractivity contribution is -0.161. The van der Waals surface area contributed by atoms with Crippen molar-refractivity contribution in [3.63, 3.8) is 0 Å². The summed E-state index contributed by atoms with van der Waals surface area (Å²) in [6, 6.07) is 0. The van der Waals surface area contributed by atoms with E-state index in [0.717, 1.165) is 115 Å². The molecule has 0 spiro atoms. The number of aliphatic hydroxyl groups is 1. The third kappa shape index (κ3) is 74.4. The SMILES string of the molecule is CCCCCC/C=C\C=C/CCCCCCCC(=O)OC[C@H](COP(=O)(O)OC[C@@H](O)COP(=O)(O)OC[C@@H](COC(=O)CCCCCCCCCCCCCC)OC(=O)CCCCCCCCCCCCCCC)OC(=O)CCCCCCCCCCCCCCCCCCCCC(C)CC. The van der Waals surface area contributed by atoms with Crippen molar-refractivity contribution in [3.8, 4) is 0 Å². The molecule has 19 heteroatoms. The molecule has 0 heterocycles. The lowest BCUT2D eigenvalue weighted by atomic mass is 9.99. The van der Waals surface area contributed by atoms with Crippen LogP contribution < -0.4 is 0 Å². The molecule has 0 saturated heterocycles. The van der Waals surface area contributed by atoms with Gasteiger partial charge in [-0.3, -0.25) is 37.3 Å². The molecule has 0 aliphatic carbocycles. The van der Waals surface area contributed by atoms with E-state index < -0.39 is 97.5 Å². The minimum Gasteiger partial charge on any atom is -0.462 e. The van der Waals surface area contributed by atoms with Gasteiger partial charge in [0, 0.05) is 25.7 Å². The van der Waals surface area contributed by atoms with Crippen molar-refractivity contribution in [1.82, 2.24) is 0 Å². The van der Waals surface area contributed by atoms with Gasteiger partial charge in [-0.05, 0) is 57.3 Å². The fraction of sp³-hybridized carbons (Fsp3) is 0.904. The van der Waals surface area contributed by atoms with E-state index in [4.69, 9.17) is 37.0 Å². The molecular weight excluding hydrogens is 1330 g/mol. The summed E-state index contributed by atoms with van der Waals surface area (Å²) in [5, 5.41) is 10.6. The summed E-state index contributed by atoms with van der Waals surface area (Å²) >= 11 is 0. The smallest absolute Gasteiger partial charge is 0.462 e. The predicted molar refractivity (Wildman–Crippen MR) is 418 cm³/mol. The Kier molecular flexibility index (Phi) is 73.5. The Labute approximate surface area is 624 Å². The fourth-order valence-electron chi connectivity index (χ4n) is 12.4. The number of phosphoric ester groups is 2. The second kappa shape index (κ2) is 75.4. The zero-order valence-electron chi connectivity index (χ0n) is 66.2. The van der Waals surface area contributed by atoms with E-state index in [-0.39, 0.29) is 25.7 Å². The lowest BCUT2D eigenvalue weighted by Crippen LogP contribution is -2.30. The Morgan fingerprint density at radius 1 is 0.314 bits per heavy atom. The quantitative estimate of drug-likeness (QED) is 0.0169. The van der Waals surface area contributed by atoms with Gasteiger partial charge in [-0.2, -0.15) is 0 Å². The number of rotatable bonds is 81. The number of carbonyl (C=O) groups excluding carboxylic acids is 4. The highest BCUT2D eigenvalue weighted by molar-refractivity contribution is 7.47. The Bertz CT molecular complexity index is 2040. The lowest BCUT2D eigenvalue weighted by Gasteiger charge is -2.21. The molecule has 3 unspecified atom stereocenters. The van der Waals surface area contributed by atoms with Crippen LogP contribution in [-0.2, 0) is 65.4 Å². The second-order valence-corrected chi connectivity index (χ2v) is 32.3. The van der Waals surface area contributed by atoms with Crippen LogP contribution in [0.5, 0.6) is 0 Å². The average Bonchev–Trinajstić information content (AvgIpc) is 0.938. The Hall–Kier alpha value is -2.46. The molecule has 6 atom stereocenters. The monoisotopic (exact) mass is 1490 g/mol. The number of hydrogen-bond acceptors (Lipinski definition) is 15. The molecule has 0 bridgehead atoms. The Morgan fingerprint density at radius 2 is 0.549 bits per heavy atom. The van der Waals surface area contributed by atoms with Crippen LogP contribution >= 0.6 is 15.6 Å². The van der Waals surface area contributed by atoms with Crippen molar-refractivity contribution in [1.29, 1.82) is 0 Å². The van der Waals surface area contributed by atoms with Crippen LogP contribution in [-0.4, -0.2) is 96.7 Å². The van der Waals surface area contributed by atoms with E-state index in [1.165, 1.54) is 225 Å². The van der Waals surface area contributed by atoms with Gasteiger partial charge in [-0.15, -0.1) is 0 Å². The molecule has 0 radical (unpaired) electrons. The van der Waals surface area contributed by atoms with Gasteiger partial charge in [-0.25, -0.2) is 9.13 Å². The van der Waals surface area contributed by atoms with Crippen LogP contribution in [0.4, 0.5) is 0 Å². The molecule has 0 amide bonds. The number of unbranched alkanes of at least 4 members (excludes halogenated alkanes) is 49. The van der Waals surface area contributed by atoms with Gasteiger partial charge in [0.15, 0.2) is 12.2 Å². The highest BCUT2D eigenvalue weighted by Crippen LogP contribution is 2.45. The molecule has 17 nitrogen and oxygen atoms in total. The van der Waals surface area contributed by atoms with Gasteiger partial charge in [0.1, 0.15) is 19.3 Å². The molecule has 0 fully saturated rings. The number of esters is 4. The van der Waals surface area contributed by atoms with E-state index >= 15 is 0 Å². The molecule has 0 rings (SSSR count). The third-order valence-corrected chi connectivity index (χ3v) is 21.2. The number of carbonyl (C=O) groups is 4. The first-order chi connectivity index (χ1) is 49.6. The van der Waals surface area contributed by atoms with E-state index in [1.54, 1.807) is 0 Å². The Morgan fingerprint density at radius 3 is 0.833 bits per heavy atom. The van der Waals surface area contributed by atoms with Gasteiger partial charge in [0.05, 0.1) is 26.4 Å². The number of aliphatic hydroxyl groups excluding tert-OH is 1. The van der Waals surface area contributed by atoms with Gasteiger partial charge in [0.25, 0.3) is 0 Å². The highest BCUT2D eigenvalue weighted by atomic mass is 31.2. The van der Waals surface area contributed by atoms with Crippen LogP contribution in [0.3, 0.4) is 0 Å². The summed E-state index contributed by atoms with van der Waals surface area (Å²) in [5.74, 6) is -1.26. The number of allylic oxidation sites excluding steroid dienone is 4. The third-order valence-electron chi connectivity index (χ3n) is 19.3. The molecule has 0 aromatic carbocycles. The molecule has 3 N–H and O–H groups in total. The summed E-state index contributed by atoms with van der Waals surface area (Å²) in [6.07, 6.45) is 70.0. The van der Waals surface area contributed by atoms with Crippen LogP contribution in [0.1, 0.15) is 420 Å². The highest BCUT2D eigenvalue weighted by Gasteiger charge is 2.30. The summed E-state index contributed by atoms with van der Waals surface area (Å²) in [7, 11) is -9.93. The van der Waals surface area contributed by atoms with Crippen molar-refractivity contribution < 1.29 is 80.2 Å². The minimum absolute atomic E-state index is 0.102. The second-order valence-electron chi connectivity index (χ2n) is 29.4. The van der Waals surface area contributed by atoms with Crippen LogP contribution in [0, 0.1) is 5.92 Å². The molecule has 0 aliphatic heterocycles. The van der Waals surface area contributed by atoms with Crippen molar-refractivity contribution in [2.75, 3.05) is 39.6 Å². The van der Waals surface area contributed by atoms with Gasteiger partial charge >= 0.3 is 39.5 Å². The zero-order chi connectivity index (χ0) is 74.8. The summed E-state index contributed by atoms with van der Waals surface area (Å²) in [5.41, 5.74) is 0. The Balaban J connectivity index is 5.25. The van der Waals surface area contributed by atoms with Crippen LogP contribution in [0.2, 0.25) is 0 Å². The number of hydrogen-bond donors (Lipinski definition) is 3. The maximum Gasteiger partial charge on any atom is 0.472 e. The largest absolute Gasteiger partial charge is 0.472 e. The van der Waals surface area contributed by atoms with Crippen LogP contribution in [0.15, 0.2) is 24.3 Å². The topological polar surface area (TPSA) is 237 Å². The number of phosphoric acid groups is 2. The normalized spacial score (nSPS) is 14.2. The average molecular weight is 1490 g/mol. The van der Waals surface area contributed by atoms with E-state index in [9.17, 15) is 43.2 Å². The molecule has 0 aromatic rings. The number of ether oxygens (including phenoxy) is 4.